The molecule has 2 heteroatoms. The van der Waals surface area contributed by atoms with Gasteiger partial charge < -0.3 is 5.32 Å². The average molecular weight is 252 g/mol. The second-order valence-corrected chi connectivity index (χ2v) is 6.29. The molecule has 1 N–H and O–H groups in total. The Morgan fingerprint density at radius 3 is 2.56 bits per heavy atom. The second-order valence-electron chi connectivity index (χ2n) is 6.29. The fourth-order valence-electron chi connectivity index (χ4n) is 3.72. The van der Waals surface area contributed by atoms with E-state index in [1.54, 1.807) is 0 Å². The summed E-state index contributed by atoms with van der Waals surface area (Å²) >= 11 is 0. The highest BCUT2D eigenvalue weighted by molar-refractivity contribution is 4.79. The minimum atomic E-state index is 0.822. The number of hydrogen-bond acceptors (Lipinski definition) is 2. The lowest BCUT2D eigenvalue weighted by molar-refractivity contribution is 0.132. The van der Waals surface area contributed by atoms with Gasteiger partial charge in [-0.05, 0) is 44.8 Å². The van der Waals surface area contributed by atoms with E-state index >= 15 is 0 Å². The third-order valence-electron chi connectivity index (χ3n) is 4.93. The first-order valence-corrected chi connectivity index (χ1v) is 8.35. The first kappa shape index (κ1) is 14.3. The molecule has 0 amide bonds. The van der Waals surface area contributed by atoms with Gasteiger partial charge in [-0.2, -0.15) is 0 Å². The summed E-state index contributed by atoms with van der Waals surface area (Å²) in [5.74, 6) is 1.04. The SMILES string of the molecule is CCNCC1CCCCN1CCC1CCCCC1. The van der Waals surface area contributed by atoms with Crippen LogP contribution in [0, 0.1) is 5.92 Å². The molecule has 0 aromatic rings. The van der Waals surface area contributed by atoms with Gasteiger partial charge in [-0.25, -0.2) is 0 Å². The zero-order valence-electron chi connectivity index (χ0n) is 12.3. The van der Waals surface area contributed by atoms with Gasteiger partial charge >= 0.3 is 0 Å². The molecular weight excluding hydrogens is 220 g/mol. The molecule has 1 unspecified atom stereocenters. The Kier molecular flexibility index (Phi) is 6.50. The summed E-state index contributed by atoms with van der Waals surface area (Å²) in [5, 5.41) is 3.54. The Morgan fingerprint density at radius 1 is 1.00 bits per heavy atom. The van der Waals surface area contributed by atoms with Crippen LogP contribution < -0.4 is 5.32 Å². The van der Waals surface area contributed by atoms with E-state index in [4.69, 9.17) is 0 Å². The van der Waals surface area contributed by atoms with E-state index in [2.05, 4.69) is 17.1 Å². The molecule has 0 bridgehead atoms. The molecule has 2 fully saturated rings. The molecule has 0 radical (unpaired) electrons. The van der Waals surface area contributed by atoms with Crippen LogP contribution in [-0.2, 0) is 0 Å². The monoisotopic (exact) mass is 252 g/mol. The predicted octanol–water partition coefficient (Wildman–Crippen LogP) is 3.42. The molecule has 1 aliphatic carbocycles. The fourth-order valence-corrected chi connectivity index (χ4v) is 3.72. The van der Waals surface area contributed by atoms with Crippen molar-refractivity contribution in [3.63, 3.8) is 0 Å². The van der Waals surface area contributed by atoms with Gasteiger partial charge in [0.15, 0.2) is 0 Å². The summed E-state index contributed by atoms with van der Waals surface area (Å²) in [6.07, 6.45) is 13.2. The molecule has 1 atom stereocenters. The van der Waals surface area contributed by atoms with Gasteiger partial charge in [0.05, 0.1) is 0 Å². The lowest BCUT2D eigenvalue weighted by Crippen LogP contribution is -2.46. The molecule has 0 aromatic carbocycles. The maximum Gasteiger partial charge on any atom is 0.0220 e. The van der Waals surface area contributed by atoms with Crippen LogP contribution in [0.5, 0.6) is 0 Å². The molecule has 1 heterocycles. The topological polar surface area (TPSA) is 15.3 Å². The zero-order valence-corrected chi connectivity index (χ0v) is 12.3. The largest absolute Gasteiger partial charge is 0.315 e. The smallest absolute Gasteiger partial charge is 0.0220 e. The molecule has 1 saturated carbocycles. The van der Waals surface area contributed by atoms with Gasteiger partial charge in [-0.15, -0.1) is 0 Å². The number of hydrogen-bond donors (Lipinski definition) is 1. The van der Waals surface area contributed by atoms with E-state index < -0.39 is 0 Å². The standard InChI is InChI=1S/C16H32N2/c1-2-17-14-16-10-6-7-12-18(16)13-11-15-8-4-3-5-9-15/h15-17H,2-14H2,1H3. The van der Waals surface area contributed by atoms with E-state index in [0.29, 0.717) is 0 Å². The van der Waals surface area contributed by atoms with E-state index in [9.17, 15) is 0 Å². The van der Waals surface area contributed by atoms with Crippen molar-refractivity contribution in [1.29, 1.82) is 0 Å². The normalized spacial score (nSPS) is 27.5. The third-order valence-corrected chi connectivity index (χ3v) is 4.93. The maximum absolute atomic E-state index is 3.54. The number of nitrogens with one attached hydrogen (secondary N) is 1. The van der Waals surface area contributed by atoms with Crippen molar-refractivity contribution in [3.8, 4) is 0 Å². The highest BCUT2D eigenvalue weighted by Crippen LogP contribution is 2.27. The Hall–Kier alpha value is -0.0800. The van der Waals surface area contributed by atoms with E-state index in [0.717, 1.165) is 18.5 Å². The van der Waals surface area contributed by atoms with Crippen LogP contribution in [-0.4, -0.2) is 37.1 Å². The van der Waals surface area contributed by atoms with Crippen LogP contribution in [0.3, 0.4) is 0 Å². The van der Waals surface area contributed by atoms with Gasteiger partial charge in [0, 0.05) is 12.6 Å². The summed E-state index contributed by atoms with van der Waals surface area (Å²) in [6, 6.07) is 0.822. The first-order chi connectivity index (χ1) is 8.90. The van der Waals surface area contributed by atoms with Gasteiger partial charge in [0.1, 0.15) is 0 Å². The van der Waals surface area contributed by atoms with Gasteiger partial charge in [0.2, 0.25) is 0 Å². The summed E-state index contributed by atoms with van der Waals surface area (Å²) in [4.78, 5) is 2.78. The summed E-state index contributed by atoms with van der Waals surface area (Å²) in [6.45, 7) is 7.26. The molecular formula is C16H32N2. The van der Waals surface area contributed by atoms with E-state index in [1.807, 2.05) is 0 Å². The highest BCUT2D eigenvalue weighted by Gasteiger charge is 2.23. The van der Waals surface area contributed by atoms with E-state index in [1.165, 1.54) is 77.4 Å². The number of likely N-dealkylation sites (N-methyl/N-ethyl adjacent to an activating group) is 1. The second kappa shape index (κ2) is 8.16. The van der Waals surface area contributed by atoms with Crippen LogP contribution in [0.15, 0.2) is 0 Å². The van der Waals surface area contributed by atoms with Crippen molar-refractivity contribution < 1.29 is 0 Å². The van der Waals surface area contributed by atoms with Crippen LogP contribution in [0.2, 0.25) is 0 Å². The molecule has 2 rings (SSSR count). The van der Waals surface area contributed by atoms with Crippen molar-refractivity contribution in [1.82, 2.24) is 10.2 Å². The molecule has 1 saturated heterocycles. The van der Waals surface area contributed by atoms with Crippen molar-refractivity contribution in [2.24, 2.45) is 5.92 Å². The maximum atomic E-state index is 3.54. The van der Waals surface area contributed by atoms with Crippen molar-refractivity contribution in [2.45, 2.75) is 70.8 Å². The summed E-state index contributed by atoms with van der Waals surface area (Å²) in [5.41, 5.74) is 0. The molecule has 2 aliphatic rings. The molecule has 18 heavy (non-hydrogen) atoms. The van der Waals surface area contributed by atoms with Crippen LogP contribution in [0.25, 0.3) is 0 Å². The number of piperidine rings is 1. The van der Waals surface area contributed by atoms with Crippen molar-refractivity contribution in [3.05, 3.63) is 0 Å². The molecule has 0 spiro atoms. The lowest BCUT2D eigenvalue weighted by atomic mass is 9.86. The lowest BCUT2D eigenvalue weighted by Gasteiger charge is -2.37. The third kappa shape index (κ3) is 4.55. The molecule has 106 valence electrons. The number of likely N-dealkylation sites (tertiary alicyclic amines) is 1. The average Bonchev–Trinajstić information content (AvgIpc) is 2.45. The Morgan fingerprint density at radius 2 is 1.78 bits per heavy atom. The van der Waals surface area contributed by atoms with Gasteiger partial charge in [-0.3, -0.25) is 4.90 Å². The minimum absolute atomic E-state index is 0.822. The zero-order chi connectivity index (χ0) is 12.6. The fraction of sp³-hybridized carbons (Fsp3) is 1.00. The predicted molar refractivity (Wildman–Crippen MR) is 78.9 cm³/mol. The highest BCUT2D eigenvalue weighted by atomic mass is 15.2. The molecule has 1 aliphatic heterocycles. The summed E-state index contributed by atoms with van der Waals surface area (Å²) in [7, 11) is 0. The van der Waals surface area contributed by atoms with Crippen molar-refractivity contribution in [2.75, 3.05) is 26.2 Å². The van der Waals surface area contributed by atoms with Crippen molar-refractivity contribution >= 4 is 0 Å². The van der Waals surface area contributed by atoms with E-state index in [-0.39, 0.29) is 0 Å². The Balaban J connectivity index is 1.70. The van der Waals surface area contributed by atoms with Gasteiger partial charge in [0.25, 0.3) is 0 Å². The number of nitrogens with zero attached hydrogens (tertiary/aromatic N) is 1. The molecule has 2 nitrogen and oxygen atoms in total. The Bertz CT molecular complexity index is 211. The van der Waals surface area contributed by atoms with Gasteiger partial charge in [-0.1, -0.05) is 45.4 Å². The minimum Gasteiger partial charge on any atom is -0.315 e. The first-order valence-electron chi connectivity index (χ1n) is 8.35. The summed E-state index contributed by atoms with van der Waals surface area (Å²) < 4.78 is 0. The van der Waals surface area contributed by atoms with Crippen LogP contribution in [0.1, 0.15) is 64.7 Å². The molecule has 0 aromatic heterocycles. The van der Waals surface area contributed by atoms with Crippen LogP contribution >= 0.6 is 0 Å². The Labute approximate surface area is 114 Å². The quantitative estimate of drug-likeness (QED) is 0.779. The van der Waals surface area contributed by atoms with Crippen LogP contribution in [0.4, 0.5) is 0 Å². The number of rotatable bonds is 6.